The van der Waals surface area contributed by atoms with E-state index in [-0.39, 0.29) is 0 Å². The van der Waals surface area contributed by atoms with Crippen LogP contribution in [-0.4, -0.2) is 37.0 Å². The Morgan fingerprint density at radius 1 is 1.22 bits per heavy atom. The maximum Gasteiger partial charge on any atom is 0.409 e. The van der Waals surface area contributed by atoms with Crippen molar-refractivity contribution in [3.05, 3.63) is 0 Å². The molecule has 0 aliphatic rings. The lowest BCUT2D eigenvalue weighted by Crippen LogP contribution is -2.48. The van der Waals surface area contributed by atoms with E-state index in [9.17, 15) is 22.8 Å². The summed E-state index contributed by atoms with van der Waals surface area (Å²) in [5, 5.41) is 1.59. The van der Waals surface area contributed by atoms with E-state index in [1.54, 1.807) is 5.32 Å². The van der Waals surface area contributed by atoms with E-state index in [2.05, 4.69) is 9.47 Å². The summed E-state index contributed by atoms with van der Waals surface area (Å²) in [5.41, 5.74) is -0.925. The summed E-state index contributed by atoms with van der Waals surface area (Å²) in [7, 11) is 0.962. The Morgan fingerprint density at radius 3 is 2.06 bits per heavy atom. The number of methoxy groups -OCH3 is 1. The first-order chi connectivity index (χ1) is 7.95. The minimum Gasteiger partial charge on any atom is -0.469 e. The first-order valence-electron chi connectivity index (χ1n) is 5.08. The van der Waals surface area contributed by atoms with E-state index in [4.69, 9.17) is 0 Å². The second-order valence-electron chi connectivity index (χ2n) is 4.52. The summed E-state index contributed by atoms with van der Waals surface area (Å²) in [4.78, 5) is 22.0. The summed E-state index contributed by atoms with van der Waals surface area (Å²) in [6, 6.07) is -2.33. The molecular formula is C10H16F3NO4. The van der Waals surface area contributed by atoms with Gasteiger partial charge in [-0.1, -0.05) is 0 Å². The largest absolute Gasteiger partial charge is 0.469 e. The first kappa shape index (κ1) is 16.5. The van der Waals surface area contributed by atoms with Gasteiger partial charge in [0, 0.05) is 0 Å². The van der Waals surface area contributed by atoms with Crippen molar-refractivity contribution in [2.75, 3.05) is 7.11 Å². The van der Waals surface area contributed by atoms with Crippen LogP contribution in [0.4, 0.5) is 18.0 Å². The molecule has 5 nitrogen and oxygen atoms in total. The summed E-state index contributed by atoms with van der Waals surface area (Å²) < 4.78 is 46.4. The van der Waals surface area contributed by atoms with Crippen molar-refractivity contribution in [2.45, 2.75) is 45.0 Å². The van der Waals surface area contributed by atoms with Crippen molar-refractivity contribution < 1.29 is 32.2 Å². The highest BCUT2D eigenvalue weighted by Gasteiger charge is 2.43. The van der Waals surface area contributed by atoms with Gasteiger partial charge in [0.2, 0.25) is 0 Å². The molecule has 0 rings (SSSR count). The van der Waals surface area contributed by atoms with Crippen LogP contribution in [0, 0.1) is 0 Å². The molecule has 106 valence electrons. The van der Waals surface area contributed by atoms with Crippen molar-refractivity contribution >= 4 is 12.1 Å². The van der Waals surface area contributed by atoms with Crippen molar-refractivity contribution in [3.8, 4) is 0 Å². The summed E-state index contributed by atoms with van der Waals surface area (Å²) in [6.07, 6.45) is -7.00. The molecule has 0 aromatic heterocycles. The quantitative estimate of drug-likeness (QED) is 0.797. The maximum absolute atomic E-state index is 12.5. The smallest absolute Gasteiger partial charge is 0.409 e. The van der Waals surface area contributed by atoms with Gasteiger partial charge in [-0.05, 0) is 20.8 Å². The van der Waals surface area contributed by atoms with Gasteiger partial charge in [-0.2, -0.15) is 13.2 Å². The highest BCUT2D eigenvalue weighted by molar-refractivity contribution is 5.73. The normalized spacial score (nSPS) is 13.7. The third-order valence-electron chi connectivity index (χ3n) is 1.68. The highest BCUT2D eigenvalue weighted by Crippen LogP contribution is 2.23. The molecule has 0 heterocycles. The molecule has 0 aromatic carbocycles. The van der Waals surface area contributed by atoms with Gasteiger partial charge in [0.05, 0.1) is 13.5 Å². The second kappa shape index (κ2) is 5.92. The molecule has 1 amide bonds. The van der Waals surface area contributed by atoms with Gasteiger partial charge in [0.15, 0.2) is 0 Å². The van der Waals surface area contributed by atoms with Crippen LogP contribution in [0.3, 0.4) is 0 Å². The molecule has 0 radical (unpaired) electrons. The maximum atomic E-state index is 12.5. The van der Waals surface area contributed by atoms with Crippen LogP contribution in [0.15, 0.2) is 0 Å². The van der Waals surface area contributed by atoms with Crippen LogP contribution in [0.5, 0.6) is 0 Å². The average molecular weight is 271 g/mol. The zero-order chi connectivity index (χ0) is 14.6. The Balaban J connectivity index is 4.61. The molecule has 1 N–H and O–H groups in total. The lowest BCUT2D eigenvalue weighted by Gasteiger charge is -2.24. The molecule has 1 atom stereocenters. The minimum atomic E-state index is -4.76. The molecule has 8 heteroatoms. The number of halogens is 3. The molecule has 0 spiro atoms. The van der Waals surface area contributed by atoms with Gasteiger partial charge in [0.25, 0.3) is 0 Å². The molecule has 0 fully saturated rings. The third-order valence-corrected chi connectivity index (χ3v) is 1.68. The van der Waals surface area contributed by atoms with Crippen LogP contribution in [0.1, 0.15) is 27.2 Å². The van der Waals surface area contributed by atoms with E-state index in [0.717, 1.165) is 7.11 Å². The fourth-order valence-corrected chi connectivity index (χ4v) is 0.948. The molecular weight excluding hydrogens is 255 g/mol. The van der Waals surface area contributed by atoms with Gasteiger partial charge in [-0.3, -0.25) is 4.79 Å². The number of alkyl halides is 3. The molecule has 0 saturated carbocycles. The average Bonchev–Trinajstić information content (AvgIpc) is 2.11. The molecule has 0 aliphatic heterocycles. The number of hydrogen-bond acceptors (Lipinski definition) is 4. The van der Waals surface area contributed by atoms with E-state index >= 15 is 0 Å². The van der Waals surface area contributed by atoms with Crippen LogP contribution in [0.25, 0.3) is 0 Å². The Labute approximate surface area is 103 Å². The number of carbonyl (C=O) groups is 2. The second-order valence-corrected chi connectivity index (χ2v) is 4.52. The predicted molar refractivity (Wildman–Crippen MR) is 55.8 cm³/mol. The molecule has 0 aliphatic carbocycles. The van der Waals surface area contributed by atoms with Crippen LogP contribution in [-0.2, 0) is 14.3 Å². The predicted octanol–water partition coefficient (Wildman–Crippen LogP) is 2.01. The fourth-order valence-electron chi connectivity index (χ4n) is 0.948. The third kappa shape index (κ3) is 6.97. The van der Waals surface area contributed by atoms with Crippen LogP contribution < -0.4 is 5.32 Å². The van der Waals surface area contributed by atoms with Crippen molar-refractivity contribution in [3.63, 3.8) is 0 Å². The molecule has 0 saturated heterocycles. The number of rotatable bonds is 3. The molecule has 0 bridgehead atoms. The van der Waals surface area contributed by atoms with Gasteiger partial charge >= 0.3 is 18.2 Å². The Kier molecular flexibility index (Phi) is 5.44. The summed E-state index contributed by atoms with van der Waals surface area (Å²) in [5.74, 6) is -1.08. The minimum absolute atomic E-state index is 0.925. The fraction of sp³-hybridized carbons (Fsp3) is 0.800. The number of esters is 1. The van der Waals surface area contributed by atoms with E-state index < -0.39 is 36.3 Å². The van der Waals surface area contributed by atoms with Gasteiger partial charge < -0.3 is 14.8 Å². The molecule has 18 heavy (non-hydrogen) atoms. The number of ether oxygens (including phenoxy) is 2. The number of carbonyl (C=O) groups excluding carboxylic acids is 2. The lowest BCUT2D eigenvalue weighted by atomic mass is 10.2. The van der Waals surface area contributed by atoms with E-state index in [1.165, 1.54) is 20.8 Å². The number of amides is 1. The molecule has 0 aromatic rings. The Bertz CT molecular complexity index is 309. The summed E-state index contributed by atoms with van der Waals surface area (Å²) >= 11 is 0. The van der Waals surface area contributed by atoms with E-state index in [0.29, 0.717) is 0 Å². The zero-order valence-electron chi connectivity index (χ0n) is 10.6. The standard InChI is InChI=1S/C10H16F3NO4/c1-9(2,3)18-8(16)14-6(10(11,12)13)5-7(15)17-4/h6H,5H2,1-4H3,(H,14,16). The van der Waals surface area contributed by atoms with Gasteiger partial charge in [-0.15, -0.1) is 0 Å². The molecule has 1 unspecified atom stereocenters. The van der Waals surface area contributed by atoms with Gasteiger partial charge in [-0.25, -0.2) is 4.79 Å². The first-order valence-corrected chi connectivity index (χ1v) is 5.08. The summed E-state index contributed by atoms with van der Waals surface area (Å²) in [6.45, 7) is 4.53. The lowest BCUT2D eigenvalue weighted by molar-refractivity contribution is -0.167. The SMILES string of the molecule is COC(=O)CC(NC(=O)OC(C)(C)C)C(F)(F)F. The zero-order valence-corrected chi connectivity index (χ0v) is 10.6. The number of alkyl carbamates (subject to hydrolysis) is 1. The number of hydrogen-bond donors (Lipinski definition) is 1. The monoisotopic (exact) mass is 271 g/mol. The van der Waals surface area contributed by atoms with Crippen LogP contribution >= 0.6 is 0 Å². The highest BCUT2D eigenvalue weighted by atomic mass is 19.4. The topological polar surface area (TPSA) is 64.6 Å². The van der Waals surface area contributed by atoms with Crippen LogP contribution in [0.2, 0.25) is 0 Å². The van der Waals surface area contributed by atoms with Crippen molar-refractivity contribution in [1.82, 2.24) is 5.32 Å². The number of nitrogens with one attached hydrogen (secondary N) is 1. The Hall–Kier alpha value is -1.47. The van der Waals surface area contributed by atoms with E-state index in [1.807, 2.05) is 0 Å². The van der Waals surface area contributed by atoms with Crippen molar-refractivity contribution in [2.24, 2.45) is 0 Å². The Morgan fingerprint density at radius 2 is 1.72 bits per heavy atom. The van der Waals surface area contributed by atoms with Gasteiger partial charge in [0.1, 0.15) is 11.6 Å². The van der Waals surface area contributed by atoms with Crippen molar-refractivity contribution in [1.29, 1.82) is 0 Å².